The number of carbonyl (C=O) groups is 1. The Morgan fingerprint density at radius 3 is 2.65 bits per heavy atom. The van der Waals surface area contributed by atoms with Crippen LogP contribution >= 0.6 is 0 Å². The third-order valence-corrected chi connectivity index (χ3v) is 3.12. The van der Waals surface area contributed by atoms with Gasteiger partial charge in [-0.2, -0.15) is 0 Å². The predicted molar refractivity (Wildman–Crippen MR) is 80.8 cm³/mol. The number of nitrogens with one attached hydrogen (secondary N) is 1. The quantitative estimate of drug-likeness (QED) is 0.928. The minimum atomic E-state index is -0.0155. The van der Waals surface area contributed by atoms with Crippen molar-refractivity contribution in [3.05, 3.63) is 59.4 Å². The molecule has 4 nitrogen and oxygen atoms in total. The number of hydrogen-bond acceptors (Lipinski definition) is 3. The van der Waals surface area contributed by atoms with Crippen molar-refractivity contribution in [1.82, 2.24) is 9.88 Å². The van der Waals surface area contributed by atoms with E-state index in [4.69, 9.17) is 0 Å². The smallest absolute Gasteiger partial charge is 0.256 e. The van der Waals surface area contributed by atoms with E-state index in [2.05, 4.69) is 10.3 Å². The molecule has 20 heavy (non-hydrogen) atoms. The lowest BCUT2D eigenvalue weighted by atomic mass is 10.1. The predicted octanol–water partition coefficient (Wildman–Crippen LogP) is 2.70. The molecule has 0 aliphatic carbocycles. The number of rotatable bonds is 4. The molecule has 0 aliphatic heterocycles. The van der Waals surface area contributed by atoms with Crippen molar-refractivity contribution < 1.29 is 4.79 Å². The Bertz CT molecular complexity index is 610. The number of nitrogens with zero attached hydrogens (tertiary/aromatic N) is 2. The minimum absolute atomic E-state index is 0.0155. The highest BCUT2D eigenvalue weighted by Gasteiger charge is 2.15. The summed E-state index contributed by atoms with van der Waals surface area (Å²) in [7, 11) is 3.60. The number of aryl methyl sites for hydroxylation is 1. The van der Waals surface area contributed by atoms with Crippen LogP contribution in [-0.2, 0) is 6.54 Å². The molecule has 0 aliphatic rings. The summed E-state index contributed by atoms with van der Waals surface area (Å²) in [5.41, 5.74) is 3.36. The standard InChI is InChI=1S/C16H19N3O/c1-12-7-6-8-13(18-12)11-19(3)16(20)14-9-4-5-10-15(14)17-2/h4-10,17H,11H2,1-3H3. The Morgan fingerprint density at radius 2 is 1.95 bits per heavy atom. The molecular weight excluding hydrogens is 250 g/mol. The maximum Gasteiger partial charge on any atom is 0.256 e. The maximum absolute atomic E-state index is 12.5. The van der Waals surface area contributed by atoms with Gasteiger partial charge >= 0.3 is 0 Å². The van der Waals surface area contributed by atoms with E-state index in [1.54, 1.807) is 11.9 Å². The van der Waals surface area contributed by atoms with E-state index in [1.165, 1.54) is 0 Å². The second-order valence-electron chi connectivity index (χ2n) is 4.73. The van der Waals surface area contributed by atoms with Crippen LogP contribution in [0.15, 0.2) is 42.5 Å². The summed E-state index contributed by atoms with van der Waals surface area (Å²) in [5, 5.41) is 3.04. The number of para-hydroxylation sites is 1. The number of aromatic nitrogens is 1. The third-order valence-electron chi connectivity index (χ3n) is 3.12. The molecule has 104 valence electrons. The van der Waals surface area contributed by atoms with E-state index in [1.807, 2.05) is 56.4 Å². The second kappa shape index (κ2) is 6.19. The zero-order chi connectivity index (χ0) is 14.5. The molecule has 4 heteroatoms. The van der Waals surface area contributed by atoms with Crippen molar-refractivity contribution in [3.63, 3.8) is 0 Å². The average molecular weight is 269 g/mol. The molecular formula is C16H19N3O. The van der Waals surface area contributed by atoms with Crippen LogP contribution in [-0.4, -0.2) is 29.9 Å². The lowest BCUT2D eigenvalue weighted by Crippen LogP contribution is -2.27. The lowest BCUT2D eigenvalue weighted by molar-refractivity contribution is 0.0784. The van der Waals surface area contributed by atoms with Gasteiger partial charge in [0.25, 0.3) is 5.91 Å². The van der Waals surface area contributed by atoms with Gasteiger partial charge in [0, 0.05) is 25.5 Å². The molecule has 0 bridgehead atoms. The summed E-state index contributed by atoms with van der Waals surface area (Å²) < 4.78 is 0. The molecule has 0 fully saturated rings. The van der Waals surface area contributed by atoms with Gasteiger partial charge in [0.05, 0.1) is 17.8 Å². The van der Waals surface area contributed by atoms with Gasteiger partial charge in [-0.05, 0) is 31.2 Å². The van der Waals surface area contributed by atoms with Gasteiger partial charge in [0.15, 0.2) is 0 Å². The Balaban J connectivity index is 2.16. The second-order valence-corrected chi connectivity index (χ2v) is 4.73. The van der Waals surface area contributed by atoms with Gasteiger partial charge < -0.3 is 10.2 Å². The SMILES string of the molecule is CNc1ccccc1C(=O)N(C)Cc1cccc(C)n1. The van der Waals surface area contributed by atoms with E-state index in [9.17, 15) is 4.79 Å². The molecule has 1 N–H and O–H groups in total. The largest absolute Gasteiger partial charge is 0.387 e. The van der Waals surface area contributed by atoms with E-state index in [0.29, 0.717) is 12.1 Å². The Hall–Kier alpha value is -2.36. The zero-order valence-electron chi connectivity index (χ0n) is 12.1. The molecule has 1 aromatic heterocycles. The molecule has 0 spiro atoms. The van der Waals surface area contributed by atoms with Gasteiger partial charge in [0.1, 0.15) is 0 Å². The Morgan fingerprint density at radius 1 is 1.20 bits per heavy atom. The van der Waals surface area contributed by atoms with Crippen molar-refractivity contribution in [2.24, 2.45) is 0 Å². The number of amides is 1. The Kier molecular flexibility index (Phi) is 4.35. The van der Waals surface area contributed by atoms with Crippen LogP contribution in [0, 0.1) is 6.92 Å². The highest BCUT2D eigenvalue weighted by molar-refractivity contribution is 5.99. The number of carbonyl (C=O) groups excluding carboxylic acids is 1. The molecule has 1 heterocycles. The van der Waals surface area contributed by atoms with Gasteiger partial charge in [-0.25, -0.2) is 0 Å². The molecule has 1 amide bonds. The van der Waals surface area contributed by atoms with E-state index in [-0.39, 0.29) is 5.91 Å². The minimum Gasteiger partial charge on any atom is -0.387 e. The fourth-order valence-corrected chi connectivity index (χ4v) is 2.10. The first-order chi connectivity index (χ1) is 9.61. The van der Waals surface area contributed by atoms with E-state index in [0.717, 1.165) is 17.1 Å². The van der Waals surface area contributed by atoms with E-state index >= 15 is 0 Å². The zero-order valence-corrected chi connectivity index (χ0v) is 12.1. The van der Waals surface area contributed by atoms with Crippen LogP contribution in [0.3, 0.4) is 0 Å². The summed E-state index contributed by atoms with van der Waals surface area (Å²) in [6.07, 6.45) is 0. The van der Waals surface area contributed by atoms with Crippen LogP contribution < -0.4 is 5.32 Å². The van der Waals surface area contributed by atoms with E-state index < -0.39 is 0 Å². The summed E-state index contributed by atoms with van der Waals surface area (Å²) in [5.74, 6) is -0.0155. The highest BCUT2D eigenvalue weighted by atomic mass is 16.2. The monoisotopic (exact) mass is 269 g/mol. The first kappa shape index (κ1) is 14.1. The summed E-state index contributed by atoms with van der Waals surface area (Å²) >= 11 is 0. The molecule has 2 rings (SSSR count). The van der Waals surface area contributed by atoms with Crippen molar-refractivity contribution in [1.29, 1.82) is 0 Å². The molecule has 0 saturated carbocycles. The summed E-state index contributed by atoms with van der Waals surface area (Å²) in [6.45, 7) is 2.44. The average Bonchev–Trinajstić information content (AvgIpc) is 2.46. The first-order valence-electron chi connectivity index (χ1n) is 6.56. The van der Waals surface area contributed by atoms with Crippen LogP contribution in [0.4, 0.5) is 5.69 Å². The first-order valence-corrected chi connectivity index (χ1v) is 6.56. The number of benzene rings is 1. The van der Waals surface area contributed by atoms with Gasteiger partial charge in [-0.3, -0.25) is 9.78 Å². The molecule has 0 saturated heterocycles. The van der Waals surface area contributed by atoms with Crippen molar-refractivity contribution >= 4 is 11.6 Å². The number of pyridine rings is 1. The highest BCUT2D eigenvalue weighted by Crippen LogP contribution is 2.16. The Labute approximate surface area is 119 Å². The van der Waals surface area contributed by atoms with Crippen LogP contribution in [0.5, 0.6) is 0 Å². The van der Waals surface area contributed by atoms with Crippen LogP contribution in [0.1, 0.15) is 21.7 Å². The lowest BCUT2D eigenvalue weighted by Gasteiger charge is -2.18. The molecule has 2 aromatic rings. The topological polar surface area (TPSA) is 45.2 Å². The van der Waals surface area contributed by atoms with Crippen molar-refractivity contribution in [3.8, 4) is 0 Å². The van der Waals surface area contributed by atoms with Gasteiger partial charge in [0.2, 0.25) is 0 Å². The fourth-order valence-electron chi connectivity index (χ4n) is 2.10. The maximum atomic E-state index is 12.5. The summed E-state index contributed by atoms with van der Waals surface area (Å²) in [6, 6.07) is 13.3. The van der Waals surface area contributed by atoms with Crippen molar-refractivity contribution in [2.75, 3.05) is 19.4 Å². The van der Waals surface area contributed by atoms with Crippen LogP contribution in [0.25, 0.3) is 0 Å². The fraction of sp³-hybridized carbons (Fsp3) is 0.250. The summed E-state index contributed by atoms with van der Waals surface area (Å²) in [4.78, 5) is 18.6. The van der Waals surface area contributed by atoms with Crippen LogP contribution in [0.2, 0.25) is 0 Å². The molecule has 0 unspecified atom stereocenters. The molecule has 1 aromatic carbocycles. The molecule has 0 radical (unpaired) electrons. The van der Waals surface area contributed by atoms with Gasteiger partial charge in [-0.1, -0.05) is 18.2 Å². The normalized spacial score (nSPS) is 10.2. The third kappa shape index (κ3) is 3.15. The van der Waals surface area contributed by atoms with Crippen molar-refractivity contribution in [2.45, 2.75) is 13.5 Å². The van der Waals surface area contributed by atoms with Gasteiger partial charge in [-0.15, -0.1) is 0 Å². The number of hydrogen-bond donors (Lipinski definition) is 1. The number of anilines is 1. The molecule has 0 atom stereocenters.